The van der Waals surface area contributed by atoms with E-state index in [1.807, 2.05) is 18.2 Å². The fraction of sp³-hybridized carbons (Fsp3) is 0.364. The summed E-state index contributed by atoms with van der Waals surface area (Å²) in [5.41, 5.74) is 1.64. The van der Waals surface area contributed by atoms with Crippen LogP contribution in [0.1, 0.15) is 12.8 Å². The Balaban J connectivity index is 2.03. The van der Waals surface area contributed by atoms with Crippen LogP contribution in [0.2, 0.25) is 6.82 Å². The van der Waals surface area contributed by atoms with Crippen molar-refractivity contribution in [2.75, 3.05) is 5.32 Å². The Kier molecular flexibility index (Phi) is 2.14. The number of benzene rings is 1. The Bertz CT molecular complexity index is 520. The van der Waals surface area contributed by atoms with Gasteiger partial charge in [0, 0.05) is 6.04 Å². The van der Waals surface area contributed by atoms with Crippen LogP contribution in [0, 0.1) is 0 Å². The van der Waals surface area contributed by atoms with Gasteiger partial charge < -0.3 is 14.9 Å². The van der Waals surface area contributed by atoms with E-state index in [4.69, 9.17) is 4.52 Å². The Morgan fingerprint density at radius 1 is 1.50 bits per heavy atom. The topological polar surface area (TPSA) is 58.3 Å². The lowest BCUT2D eigenvalue weighted by molar-refractivity contribution is 0.459. The fourth-order valence-corrected chi connectivity index (χ4v) is 1.74. The van der Waals surface area contributed by atoms with Gasteiger partial charge in [0.25, 0.3) is 0 Å². The predicted octanol–water partition coefficient (Wildman–Crippen LogP) is 1.22. The summed E-state index contributed by atoms with van der Waals surface area (Å²) in [6, 6.07) is 6.19. The summed E-state index contributed by atoms with van der Waals surface area (Å²) in [6.45, 7) is 1.29. The van der Waals surface area contributed by atoms with E-state index in [1.165, 1.54) is 12.8 Å². The van der Waals surface area contributed by atoms with Crippen molar-refractivity contribution in [3.05, 3.63) is 18.2 Å². The lowest BCUT2D eigenvalue weighted by Crippen LogP contribution is -2.25. The highest BCUT2D eigenvalue weighted by Gasteiger charge is 2.23. The van der Waals surface area contributed by atoms with Crippen LogP contribution in [-0.2, 0) is 0 Å². The van der Waals surface area contributed by atoms with Crippen LogP contribution in [0.4, 0.5) is 5.82 Å². The molecule has 1 aromatic heterocycles. The largest absolute Gasteiger partial charge is 0.447 e. The van der Waals surface area contributed by atoms with Crippen LogP contribution < -0.4 is 10.8 Å². The number of fused-ring (bicyclic) bond motifs is 1. The zero-order valence-electron chi connectivity index (χ0n) is 9.10. The van der Waals surface area contributed by atoms with Gasteiger partial charge in [0.15, 0.2) is 11.4 Å². The fourth-order valence-electron chi connectivity index (χ4n) is 1.74. The van der Waals surface area contributed by atoms with E-state index >= 15 is 0 Å². The van der Waals surface area contributed by atoms with Gasteiger partial charge in [-0.2, -0.15) is 0 Å². The molecule has 0 atom stereocenters. The third-order valence-corrected chi connectivity index (χ3v) is 2.89. The second kappa shape index (κ2) is 3.52. The molecule has 1 aliphatic rings. The van der Waals surface area contributed by atoms with Crippen molar-refractivity contribution in [3.8, 4) is 0 Å². The van der Waals surface area contributed by atoms with Crippen molar-refractivity contribution in [3.63, 3.8) is 0 Å². The summed E-state index contributed by atoms with van der Waals surface area (Å²) >= 11 is 0. The number of hydrogen-bond donors (Lipinski definition) is 2. The SMILES string of the molecule is CB(O)c1ccc2onc(NC3CC3)c2c1. The molecule has 0 saturated heterocycles. The van der Waals surface area contributed by atoms with Crippen molar-refractivity contribution < 1.29 is 9.55 Å². The van der Waals surface area contributed by atoms with Crippen LogP contribution >= 0.6 is 0 Å². The molecule has 1 aromatic carbocycles. The van der Waals surface area contributed by atoms with Crippen molar-refractivity contribution in [2.45, 2.75) is 25.7 Å². The Morgan fingerprint density at radius 2 is 2.31 bits per heavy atom. The van der Waals surface area contributed by atoms with Crippen LogP contribution in [0.3, 0.4) is 0 Å². The lowest BCUT2D eigenvalue weighted by atomic mass is 9.64. The Hall–Kier alpha value is -1.49. The van der Waals surface area contributed by atoms with Crippen molar-refractivity contribution in [1.82, 2.24) is 5.16 Å². The third-order valence-electron chi connectivity index (χ3n) is 2.89. The van der Waals surface area contributed by atoms with E-state index in [0.29, 0.717) is 6.04 Å². The molecular formula is C11H13BN2O2. The summed E-state index contributed by atoms with van der Waals surface area (Å²) in [4.78, 5) is 0. The van der Waals surface area contributed by atoms with E-state index in [2.05, 4.69) is 10.5 Å². The molecule has 0 aliphatic heterocycles. The molecule has 4 nitrogen and oxygen atoms in total. The molecule has 1 heterocycles. The third kappa shape index (κ3) is 1.67. The first kappa shape index (κ1) is 9.72. The van der Waals surface area contributed by atoms with Crippen LogP contribution in [0.5, 0.6) is 0 Å². The minimum absolute atomic E-state index is 0.465. The number of nitrogens with zero attached hydrogens (tertiary/aromatic N) is 1. The second-order valence-corrected chi connectivity index (χ2v) is 4.38. The van der Waals surface area contributed by atoms with Gasteiger partial charge in [-0.3, -0.25) is 0 Å². The maximum absolute atomic E-state index is 9.53. The number of aromatic nitrogens is 1. The van der Waals surface area contributed by atoms with Crippen LogP contribution in [0.15, 0.2) is 22.7 Å². The van der Waals surface area contributed by atoms with Gasteiger partial charge in [-0.1, -0.05) is 24.1 Å². The molecule has 16 heavy (non-hydrogen) atoms. The Labute approximate surface area is 93.7 Å². The summed E-state index contributed by atoms with van der Waals surface area (Å²) in [7, 11) is 0. The zero-order valence-corrected chi connectivity index (χ0v) is 9.10. The molecule has 0 spiro atoms. The van der Waals surface area contributed by atoms with Gasteiger partial charge in [0.1, 0.15) is 0 Å². The average molecular weight is 216 g/mol. The minimum atomic E-state index is -0.465. The number of nitrogens with one attached hydrogen (secondary N) is 1. The average Bonchev–Trinajstić information content (AvgIpc) is 2.99. The van der Waals surface area contributed by atoms with Gasteiger partial charge in [0.2, 0.25) is 0 Å². The zero-order chi connectivity index (χ0) is 11.1. The molecule has 0 radical (unpaired) electrons. The molecule has 82 valence electrons. The molecule has 0 amide bonds. The quantitative estimate of drug-likeness (QED) is 0.757. The maximum Gasteiger partial charge on any atom is 0.320 e. The van der Waals surface area contributed by atoms with E-state index in [9.17, 15) is 5.02 Å². The molecule has 0 bridgehead atoms. The summed E-state index contributed by atoms with van der Waals surface area (Å²) < 4.78 is 5.22. The Morgan fingerprint density at radius 3 is 3.00 bits per heavy atom. The molecule has 1 saturated carbocycles. The van der Waals surface area contributed by atoms with E-state index in [-0.39, 0.29) is 0 Å². The molecule has 1 aliphatic carbocycles. The van der Waals surface area contributed by atoms with Gasteiger partial charge in [-0.15, -0.1) is 0 Å². The number of rotatable bonds is 3. The number of hydrogen-bond acceptors (Lipinski definition) is 4. The van der Waals surface area contributed by atoms with Gasteiger partial charge >= 0.3 is 6.92 Å². The molecule has 2 aromatic rings. The first-order valence-electron chi connectivity index (χ1n) is 5.58. The first-order chi connectivity index (χ1) is 7.74. The maximum atomic E-state index is 9.53. The molecule has 0 unspecified atom stereocenters. The summed E-state index contributed by atoms with van der Waals surface area (Å²) in [5.74, 6) is 0.792. The van der Waals surface area contributed by atoms with Crippen molar-refractivity contribution in [1.29, 1.82) is 0 Å². The molecular weight excluding hydrogens is 203 g/mol. The number of anilines is 1. The summed E-state index contributed by atoms with van der Waals surface area (Å²) in [5, 5.41) is 17.8. The highest BCUT2D eigenvalue weighted by Crippen LogP contribution is 2.28. The molecule has 1 fully saturated rings. The molecule has 5 heteroatoms. The minimum Gasteiger partial charge on any atom is -0.447 e. The van der Waals surface area contributed by atoms with Crippen molar-refractivity contribution in [2.24, 2.45) is 0 Å². The smallest absolute Gasteiger partial charge is 0.320 e. The van der Waals surface area contributed by atoms with Crippen molar-refractivity contribution >= 4 is 29.2 Å². The monoisotopic (exact) mass is 216 g/mol. The summed E-state index contributed by atoms with van der Waals surface area (Å²) in [6.07, 6.45) is 2.40. The van der Waals surface area contributed by atoms with Crippen LogP contribution in [-0.4, -0.2) is 23.1 Å². The molecule has 3 rings (SSSR count). The van der Waals surface area contributed by atoms with E-state index in [0.717, 1.165) is 22.2 Å². The van der Waals surface area contributed by atoms with Crippen LogP contribution in [0.25, 0.3) is 11.0 Å². The molecule has 2 N–H and O–H groups in total. The lowest BCUT2D eigenvalue weighted by Gasteiger charge is -2.01. The van der Waals surface area contributed by atoms with Gasteiger partial charge in [-0.25, -0.2) is 0 Å². The standard InChI is InChI=1S/C11H13BN2O2/c1-12(15)7-2-5-10-9(6-7)11(14-16-10)13-8-3-4-8/h2,5-6,8,15H,3-4H2,1H3,(H,13,14). The van der Waals surface area contributed by atoms with Gasteiger partial charge in [0.05, 0.1) is 5.39 Å². The highest BCUT2D eigenvalue weighted by atomic mass is 16.5. The van der Waals surface area contributed by atoms with E-state index in [1.54, 1.807) is 6.82 Å². The second-order valence-electron chi connectivity index (χ2n) is 4.38. The normalized spacial score (nSPS) is 15.4. The first-order valence-corrected chi connectivity index (χ1v) is 5.58. The van der Waals surface area contributed by atoms with E-state index < -0.39 is 6.92 Å². The van der Waals surface area contributed by atoms with Gasteiger partial charge in [-0.05, 0) is 24.4 Å². The predicted molar refractivity (Wildman–Crippen MR) is 64.1 cm³/mol. The highest BCUT2D eigenvalue weighted by molar-refractivity contribution is 6.65.